The molecule has 0 radical (unpaired) electrons. The number of hydrogen-bond acceptors (Lipinski definition) is 6. The average Bonchev–Trinajstić information content (AvgIpc) is 3.20. The number of phenols is 1. The SMILES string of the molecule is Cc1cccc([C@H]2C3=CC[C@@H]4C(=O)N(CCCCCC(=O)O)C(=O)[C@@H]4[C@@H]3C[C@@]3(Cl)C(=O)N(C)C(=O)[C@@]23Cl)c1O. The highest BCUT2D eigenvalue weighted by Gasteiger charge is 2.76. The number of carbonyl (C=O) groups is 5. The number of allylic oxidation sites excluding steroid dienone is 2. The molecule has 9 nitrogen and oxygen atoms in total. The second-order valence-corrected chi connectivity index (χ2v) is 12.3. The van der Waals surface area contributed by atoms with Crippen LogP contribution in [0.1, 0.15) is 55.6 Å². The van der Waals surface area contributed by atoms with Gasteiger partial charge in [0, 0.05) is 31.5 Å². The fourth-order valence-corrected chi connectivity index (χ4v) is 8.02. The Balaban J connectivity index is 1.54. The van der Waals surface area contributed by atoms with Crippen LogP contribution in [0.3, 0.4) is 0 Å². The van der Waals surface area contributed by atoms with Crippen molar-refractivity contribution >= 4 is 52.8 Å². The molecule has 2 aliphatic carbocycles. The molecule has 0 aromatic heterocycles. The molecule has 208 valence electrons. The van der Waals surface area contributed by atoms with Crippen LogP contribution in [-0.4, -0.2) is 73.0 Å². The van der Waals surface area contributed by atoms with Crippen LogP contribution in [0, 0.1) is 24.7 Å². The summed E-state index contributed by atoms with van der Waals surface area (Å²) >= 11 is 14.2. The quantitative estimate of drug-likeness (QED) is 0.220. The van der Waals surface area contributed by atoms with Crippen molar-refractivity contribution in [2.45, 2.75) is 61.1 Å². The fourth-order valence-electron chi connectivity index (χ4n) is 7.01. The molecule has 2 N–H and O–H groups in total. The van der Waals surface area contributed by atoms with Gasteiger partial charge >= 0.3 is 5.97 Å². The highest BCUT2D eigenvalue weighted by atomic mass is 35.5. The number of alkyl halides is 2. The molecule has 2 aliphatic heterocycles. The lowest BCUT2D eigenvalue weighted by atomic mass is 9.56. The number of carbonyl (C=O) groups excluding carboxylic acids is 4. The average molecular weight is 577 g/mol. The zero-order chi connectivity index (χ0) is 28.4. The van der Waals surface area contributed by atoms with Crippen LogP contribution in [-0.2, 0) is 24.0 Å². The normalized spacial score (nSPS) is 33.7. The van der Waals surface area contributed by atoms with Crippen LogP contribution >= 0.6 is 23.2 Å². The van der Waals surface area contributed by atoms with Gasteiger partial charge in [-0.2, -0.15) is 0 Å². The van der Waals surface area contributed by atoms with Crippen molar-refractivity contribution in [2.24, 2.45) is 17.8 Å². The maximum Gasteiger partial charge on any atom is 0.303 e. The lowest BCUT2D eigenvalue weighted by molar-refractivity contribution is -0.141. The summed E-state index contributed by atoms with van der Waals surface area (Å²) in [4.78, 5) is 63.2. The summed E-state index contributed by atoms with van der Waals surface area (Å²) in [7, 11) is 1.32. The number of rotatable bonds is 7. The Morgan fingerprint density at radius 3 is 2.46 bits per heavy atom. The lowest BCUT2D eigenvalue weighted by Gasteiger charge is -2.50. The van der Waals surface area contributed by atoms with Gasteiger partial charge in [-0.05, 0) is 44.1 Å². The molecule has 2 saturated heterocycles. The zero-order valence-corrected chi connectivity index (χ0v) is 23.2. The number of carboxylic acids is 1. The van der Waals surface area contributed by atoms with Crippen LogP contribution < -0.4 is 0 Å². The number of aliphatic carboxylic acids is 1. The summed E-state index contributed by atoms with van der Waals surface area (Å²) in [5.41, 5.74) is 1.52. The summed E-state index contributed by atoms with van der Waals surface area (Å²) in [5.74, 6) is -6.03. The highest BCUT2D eigenvalue weighted by Crippen LogP contribution is 2.66. The van der Waals surface area contributed by atoms with Gasteiger partial charge in [0.25, 0.3) is 11.8 Å². The zero-order valence-electron chi connectivity index (χ0n) is 21.7. The number of fused-ring (bicyclic) bond motifs is 4. The summed E-state index contributed by atoms with van der Waals surface area (Å²) in [6, 6.07) is 5.07. The molecule has 0 unspecified atom stereocenters. The van der Waals surface area contributed by atoms with E-state index < -0.39 is 51.2 Å². The lowest BCUT2D eigenvalue weighted by Crippen LogP contribution is -2.60. The van der Waals surface area contributed by atoms with Gasteiger partial charge in [0.05, 0.1) is 11.8 Å². The number of amides is 4. The number of benzene rings is 1. The summed E-state index contributed by atoms with van der Waals surface area (Å²) < 4.78 is 0. The molecule has 39 heavy (non-hydrogen) atoms. The van der Waals surface area contributed by atoms with E-state index in [9.17, 15) is 29.1 Å². The maximum absolute atomic E-state index is 13.7. The molecule has 6 atom stereocenters. The van der Waals surface area contributed by atoms with Crippen molar-refractivity contribution in [2.75, 3.05) is 13.6 Å². The van der Waals surface area contributed by atoms with E-state index in [1.165, 1.54) is 11.9 Å². The number of likely N-dealkylation sites (tertiary alicyclic amines) is 2. The van der Waals surface area contributed by atoms with Gasteiger partial charge in [0.1, 0.15) is 5.75 Å². The van der Waals surface area contributed by atoms with Gasteiger partial charge in [-0.25, -0.2) is 0 Å². The summed E-state index contributed by atoms with van der Waals surface area (Å²) in [6.45, 7) is 1.89. The van der Waals surface area contributed by atoms with Crippen molar-refractivity contribution in [1.82, 2.24) is 9.80 Å². The Morgan fingerprint density at radius 1 is 1.05 bits per heavy atom. The molecule has 4 aliphatic rings. The van der Waals surface area contributed by atoms with E-state index in [4.69, 9.17) is 28.3 Å². The molecule has 11 heteroatoms. The number of hydrogen-bond donors (Lipinski definition) is 2. The molecule has 0 spiro atoms. The molecule has 1 aromatic carbocycles. The number of aromatic hydroxyl groups is 1. The van der Waals surface area contributed by atoms with Crippen LogP contribution in [0.25, 0.3) is 0 Å². The molecule has 1 saturated carbocycles. The molecule has 4 amide bonds. The molecular weight excluding hydrogens is 547 g/mol. The molecule has 0 bridgehead atoms. The molecular formula is C28H30Cl2N2O7. The molecule has 2 heterocycles. The largest absolute Gasteiger partial charge is 0.507 e. The fraction of sp³-hybridized carbons (Fsp3) is 0.536. The van der Waals surface area contributed by atoms with E-state index in [1.54, 1.807) is 25.1 Å². The topological polar surface area (TPSA) is 132 Å². The first-order valence-corrected chi connectivity index (χ1v) is 13.9. The number of halogens is 2. The minimum absolute atomic E-state index is 0.0227. The Hall–Kier alpha value is -2.91. The number of nitrogens with zero attached hydrogens (tertiary/aromatic N) is 2. The Labute approximate surface area is 235 Å². The van der Waals surface area contributed by atoms with Crippen LogP contribution in [0.2, 0.25) is 0 Å². The number of para-hydroxylation sites is 1. The Kier molecular flexibility index (Phi) is 6.82. The first-order chi connectivity index (χ1) is 18.4. The van der Waals surface area contributed by atoms with Gasteiger partial charge in [-0.1, -0.05) is 36.3 Å². The predicted molar refractivity (Wildman–Crippen MR) is 141 cm³/mol. The Bertz CT molecular complexity index is 1330. The molecule has 3 fully saturated rings. The van der Waals surface area contributed by atoms with E-state index in [1.807, 2.05) is 6.08 Å². The second kappa shape index (κ2) is 9.63. The first-order valence-electron chi connectivity index (χ1n) is 13.1. The predicted octanol–water partition coefficient (Wildman–Crippen LogP) is 3.33. The standard InChI is InChI=1S/C28H30Cl2N2O7/c1-14-7-6-8-17(22(14)35)21-15-10-11-16-20(24(37)32(23(16)36)12-5-3-4-9-19(33)34)18(15)13-27(29)25(38)31(2)26(39)28(21,27)30/h6-8,10,16,18,20-21,35H,3-5,9,11-13H2,1-2H3,(H,33,34)/t16-,18+,20-,21+,27+,28-/m0/s1. The molecule has 5 rings (SSSR count). The third-order valence-electron chi connectivity index (χ3n) is 8.96. The van der Waals surface area contributed by atoms with Crippen LogP contribution in [0.4, 0.5) is 0 Å². The smallest absolute Gasteiger partial charge is 0.303 e. The second-order valence-electron chi connectivity index (χ2n) is 11.0. The van der Waals surface area contributed by atoms with Crippen molar-refractivity contribution in [3.05, 3.63) is 41.0 Å². The summed E-state index contributed by atoms with van der Waals surface area (Å²) in [6.07, 6.45) is 3.49. The van der Waals surface area contributed by atoms with Gasteiger partial charge < -0.3 is 10.2 Å². The van der Waals surface area contributed by atoms with Crippen LogP contribution in [0.5, 0.6) is 5.75 Å². The number of unbranched alkanes of at least 4 members (excludes halogenated alkanes) is 2. The minimum atomic E-state index is -1.93. The maximum atomic E-state index is 13.7. The van der Waals surface area contributed by atoms with Crippen molar-refractivity contribution in [3.63, 3.8) is 0 Å². The van der Waals surface area contributed by atoms with Crippen molar-refractivity contribution in [3.8, 4) is 5.75 Å². The monoisotopic (exact) mass is 576 g/mol. The highest BCUT2D eigenvalue weighted by molar-refractivity contribution is 6.53. The van der Waals surface area contributed by atoms with E-state index in [0.717, 1.165) is 4.90 Å². The number of imide groups is 2. The third-order valence-corrected chi connectivity index (χ3v) is 10.4. The van der Waals surface area contributed by atoms with Gasteiger partial charge in [-0.3, -0.25) is 33.8 Å². The van der Waals surface area contributed by atoms with Crippen molar-refractivity contribution < 1.29 is 34.2 Å². The van der Waals surface area contributed by atoms with Gasteiger partial charge in [0.15, 0.2) is 9.75 Å². The Morgan fingerprint density at radius 2 is 1.77 bits per heavy atom. The minimum Gasteiger partial charge on any atom is -0.507 e. The van der Waals surface area contributed by atoms with Crippen LogP contribution in [0.15, 0.2) is 29.8 Å². The summed E-state index contributed by atoms with van der Waals surface area (Å²) in [5, 5.41) is 19.9. The number of carboxylic acid groups (broad SMARTS) is 1. The number of aryl methyl sites for hydroxylation is 1. The van der Waals surface area contributed by atoms with Crippen molar-refractivity contribution in [1.29, 1.82) is 0 Å². The van der Waals surface area contributed by atoms with Gasteiger partial charge in [-0.15, -0.1) is 23.2 Å². The first kappa shape index (κ1) is 27.6. The van der Waals surface area contributed by atoms with Gasteiger partial charge in [0.2, 0.25) is 11.8 Å². The van der Waals surface area contributed by atoms with E-state index in [2.05, 4.69) is 0 Å². The van der Waals surface area contributed by atoms with E-state index in [-0.39, 0.29) is 43.4 Å². The van der Waals surface area contributed by atoms with E-state index in [0.29, 0.717) is 36.0 Å². The number of phenolic OH excluding ortho intramolecular Hbond substituents is 1. The van der Waals surface area contributed by atoms with E-state index >= 15 is 0 Å². The third kappa shape index (κ3) is 3.84. The molecule has 1 aromatic rings.